The molecule has 0 aliphatic heterocycles. The van der Waals surface area contributed by atoms with Gasteiger partial charge in [-0.2, -0.15) is 0 Å². The lowest BCUT2D eigenvalue weighted by atomic mass is 10.1. The zero-order valence-electron chi connectivity index (χ0n) is 6.55. The molecule has 0 unspecified atom stereocenters. The normalized spacial score (nSPS) is 13.8. The summed E-state index contributed by atoms with van der Waals surface area (Å²) in [4.78, 5) is 8.06. The average Bonchev–Trinajstić information content (AvgIpc) is 1.64. The van der Waals surface area contributed by atoms with Gasteiger partial charge in [-0.3, -0.25) is 9.98 Å². The van der Waals surface area contributed by atoms with Gasteiger partial charge < -0.3 is 0 Å². The van der Waals surface area contributed by atoms with Crippen LogP contribution in [0.5, 0.6) is 0 Å². The molecular weight excluding hydrogens is 112 g/mol. The molecule has 2 heteroatoms. The third-order valence-corrected chi connectivity index (χ3v) is 0.907. The molecular formula is C7H14N2. The van der Waals surface area contributed by atoms with Crippen molar-refractivity contribution in [2.24, 2.45) is 9.98 Å². The van der Waals surface area contributed by atoms with Gasteiger partial charge >= 0.3 is 0 Å². The summed E-state index contributed by atoms with van der Waals surface area (Å²) < 4.78 is 0. The number of hydrogen-bond acceptors (Lipinski definition) is 2. The topological polar surface area (TPSA) is 24.7 Å². The Bertz CT molecular complexity index is 109. The summed E-state index contributed by atoms with van der Waals surface area (Å²) in [6.07, 6.45) is 3.62. The van der Waals surface area contributed by atoms with Crippen molar-refractivity contribution in [3.63, 3.8) is 0 Å². The lowest BCUT2D eigenvalue weighted by Crippen LogP contribution is -2.17. The first-order chi connectivity index (χ1) is 4.12. The van der Waals surface area contributed by atoms with Crippen LogP contribution in [0.1, 0.15) is 20.8 Å². The Hall–Kier alpha value is -0.660. The predicted molar refractivity (Wildman–Crippen MR) is 42.7 cm³/mol. The van der Waals surface area contributed by atoms with Crippen LogP contribution in [0.15, 0.2) is 9.98 Å². The number of rotatable bonds is 2. The Morgan fingerprint density at radius 1 is 1.33 bits per heavy atom. The standard InChI is InChI=1S/C7H14N2/c1-5-9-7(2,3)6-8-4/h5-6H,1-4H3. The van der Waals surface area contributed by atoms with Crippen molar-refractivity contribution in [3.8, 4) is 0 Å². The molecule has 0 N–H and O–H groups in total. The third kappa shape index (κ3) is 3.88. The zero-order valence-corrected chi connectivity index (χ0v) is 6.55. The van der Waals surface area contributed by atoms with Crippen molar-refractivity contribution in [1.29, 1.82) is 0 Å². The summed E-state index contributed by atoms with van der Waals surface area (Å²) in [7, 11) is 1.76. The molecule has 0 radical (unpaired) electrons. The number of aliphatic imine (C=N–C) groups is 2. The molecule has 0 aromatic carbocycles. The van der Waals surface area contributed by atoms with Crippen molar-refractivity contribution >= 4 is 12.4 Å². The molecule has 0 fully saturated rings. The Morgan fingerprint density at radius 2 is 1.89 bits per heavy atom. The first-order valence-corrected chi connectivity index (χ1v) is 3.05. The monoisotopic (exact) mass is 126 g/mol. The zero-order chi connectivity index (χ0) is 7.33. The Morgan fingerprint density at radius 3 is 2.22 bits per heavy atom. The van der Waals surface area contributed by atoms with Gasteiger partial charge in [-0.1, -0.05) is 0 Å². The van der Waals surface area contributed by atoms with E-state index in [1.165, 1.54) is 0 Å². The van der Waals surface area contributed by atoms with Crippen LogP contribution in [0.2, 0.25) is 0 Å². The highest BCUT2D eigenvalue weighted by Crippen LogP contribution is 2.02. The SMILES string of the molecule is CC=NC(C)(C)C=NC. The highest BCUT2D eigenvalue weighted by molar-refractivity contribution is 5.72. The minimum atomic E-state index is -0.122. The molecule has 0 amide bonds. The maximum Gasteiger partial charge on any atom is 0.0892 e. The van der Waals surface area contributed by atoms with Crippen molar-refractivity contribution in [2.45, 2.75) is 26.3 Å². The smallest absolute Gasteiger partial charge is 0.0892 e. The lowest BCUT2D eigenvalue weighted by molar-refractivity contribution is 0.719. The summed E-state index contributed by atoms with van der Waals surface area (Å²) in [5, 5.41) is 0. The fourth-order valence-corrected chi connectivity index (χ4v) is 0.682. The van der Waals surface area contributed by atoms with Gasteiger partial charge in [0.2, 0.25) is 0 Å². The maximum atomic E-state index is 4.17. The summed E-state index contributed by atoms with van der Waals surface area (Å²) >= 11 is 0. The van der Waals surface area contributed by atoms with E-state index in [9.17, 15) is 0 Å². The largest absolute Gasteiger partial charge is 0.298 e. The van der Waals surface area contributed by atoms with Gasteiger partial charge in [0.05, 0.1) is 5.54 Å². The van der Waals surface area contributed by atoms with Crippen LogP contribution >= 0.6 is 0 Å². The Labute approximate surface area is 56.7 Å². The predicted octanol–water partition coefficient (Wildman–Crippen LogP) is 1.56. The number of nitrogens with zero attached hydrogens (tertiary/aromatic N) is 2. The third-order valence-electron chi connectivity index (χ3n) is 0.907. The maximum absolute atomic E-state index is 4.17. The summed E-state index contributed by atoms with van der Waals surface area (Å²) in [5.74, 6) is 0. The van der Waals surface area contributed by atoms with E-state index in [0.29, 0.717) is 0 Å². The van der Waals surface area contributed by atoms with Gasteiger partial charge in [-0.15, -0.1) is 0 Å². The highest BCUT2D eigenvalue weighted by Gasteiger charge is 2.08. The van der Waals surface area contributed by atoms with Crippen LogP contribution in [0.4, 0.5) is 0 Å². The van der Waals surface area contributed by atoms with Crippen molar-refractivity contribution in [1.82, 2.24) is 0 Å². The van der Waals surface area contributed by atoms with Gasteiger partial charge in [0.1, 0.15) is 0 Å². The van der Waals surface area contributed by atoms with Crippen LogP contribution in [0, 0.1) is 0 Å². The first-order valence-electron chi connectivity index (χ1n) is 3.05. The van der Waals surface area contributed by atoms with Crippen LogP contribution in [0.3, 0.4) is 0 Å². The molecule has 2 nitrogen and oxygen atoms in total. The van der Waals surface area contributed by atoms with Crippen LogP contribution < -0.4 is 0 Å². The van der Waals surface area contributed by atoms with Gasteiger partial charge in [-0.05, 0) is 27.0 Å². The fourth-order valence-electron chi connectivity index (χ4n) is 0.682. The van der Waals surface area contributed by atoms with Gasteiger partial charge in [0.15, 0.2) is 0 Å². The summed E-state index contributed by atoms with van der Waals surface area (Å²) in [6, 6.07) is 0. The lowest BCUT2D eigenvalue weighted by Gasteiger charge is -2.10. The molecule has 0 aromatic heterocycles. The molecule has 0 bridgehead atoms. The highest BCUT2D eigenvalue weighted by atomic mass is 14.8. The second kappa shape index (κ2) is 3.38. The number of hydrogen-bond donors (Lipinski definition) is 0. The minimum absolute atomic E-state index is 0.122. The average molecular weight is 126 g/mol. The second-order valence-electron chi connectivity index (χ2n) is 2.43. The summed E-state index contributed by atoms with van der Waals surface area (Å²) in [6.45, 7) is 5.94. The van der Waals surface area contributed by atoms with Crippen LogP contribution in [-0.4, -0.2) is 25.0 Å². The molecule has 0 saturated heterocycles. The van der Waals surface area contributed by atoms with Gasteiger partial charge in [-0.25, -0.2) is 0 Å². The Balaban J connectivity index is 4.01. The molecule has 0 spiro atoms. The summed E-state index contributed by atoms with van der Waals surface area (Å²) in [5.41, 5.74) is -0.122. The molecule has 0 aromatic rings. The molecule has 0 heterocycles. The van der Waals surface area contributed by atoms with Crippen molar-refractivity contribution in [3.05, 3.63) is 0 Å². The quantitative estimate of drug-likeness (QED) is 0.502. The van der Waals surface area contributed by atoms with Crippen molar-refractivity contribution < 1.29 is 0 Å². The molecule has 0 saturated carbocycles. The minimum Gasteiger partial charge on any atom is -0.298 e. The van der Waals surface area contributed by atoms with E-state index in [4.69, 9.17) is 0 Å². The molecule has 0 aliphatic rings. The Kier molecular flexibility index (Phi) is 3.13. The van der Waals surface area contributed by atoms with E-state index in [1.54, 1.807) is 13.3 Å². The van der Waals surface area contributed by atoms with Crippen LogP contribution in [0.25, 0.3) is 0 Å². The second-order valence-corrected chi connectivity index (χ2v) is 2.43. The van der Waals surface area contributed by atoms with E-state index in [0.717, 1.165) is 0 Å². The van der Waals surface area contributed by atoms with Crippen LogP contribution in [-0.2, 0) is 0 Å². The molecule has 52 valence electrons. The molecule has 9 heavy (non-hydrogen) atoms. The van der Waals surface area contributed by atoms with Crippen molar-refractivity contribution in [2.75, 3.05) is 7.05 Å². The van der Waals surface area contributed by atoms with E-state index in [1.807, 2.05) is 27.0 Å². The molecule has 0 aliphatic carbocycles. The van der Waals surface area contributed by atoms with E-state index < -0.39 is 0 Å². The molecule has 0 rings (SSSR count). The van der Waals surface area contributed by atoms with E-state index in [-0.39, 0.29) is 5.54 Å². The molecule has 0 atom stereocenters. The fraction of sp³-hybridized carbons (Fsp3) is 0.714. The van der Waals surface area contributed by atoms with E-state index >= 15 is 0 Å². The van der Waals surface area contributed by atoms with E-state index in [2.05, 4.69) is 9.98 Å². The first kappa shape index (κ1) is 8.34. The van der Waals surface area contributed by atoms with Gasteiger partial charge in [0.25, 0.3) is 0 Å². The van der Waals surface area contributed by atoms with Gasteiger partial charge in [0, 0.05) is 13.3 Å².